The van der Waals surface area contributed by atoms with Crippen LogP contribution in [0.25, 0.3) is 0 Å². The van der Waals surface area contributed by atoms with Gasteiger partial charge in [0.05, 0.1) is 0 Å². The third-order valence-electron chi connectivity index (χ3n) is 3.76. The van der Waals surface area contributed by atoms with Crippen LogP contribution in [0.4, 0.5) is 0 Å². The molecule has 0 heterocycles. The van der Waals surface area contributed by atoms with Gasteiger partial charge >= 0.3 is 0 Å². The third kappa shape index (κ3) is 12.0. The van der Waals surface area contributed by atoms with Crippen molar-refractivity contribution in [3.8, 4) is 0 Å². The number of hydrogen-bond donors (Lipinski definition) is 2. The summed E-state index contributed by atoms with van der Waals surface area (Å²) in [6, 6.07) is 0. The average Bonchev–Trinajstić information content (AvgIpc) is 2.39. The summed E-state index contributed by atoms with van der Waals surface area (Å²) >= 11 is 0. The Morgan fingerprint density at radius 1 is 0.800 bits per heavy atom. The SMILES string of the molecule is CCCCCCCCCCCCC(CC(N)=O)C(N)=O. The molecule has 0 rings (SSSR count). The Morgan fingerprint density at radius 3 is 1.65 bits per heavy atom. The van der Waals surface area contributed by atoms with Crippen molar-refractivity contribution in [2.45, 2.75) is 84.0 Å². The van der Waals surface area contributed by atoms with E-state index in [1.165, 1.54) is 51.4 Å². The summed E-state index contributed by atoms with van der Waals surface area (Å²) in [5, 5.41) is 0. The highest BCUT2D eigenvalue weighted by Crippen LogP contribution is 2.15. The van der Waals surface area contributed by atoms with Gasteiger partial charge in [-0.2, -0.15) is 0 Å². The van der Waals surface area contributed by atoms with Crippen LogP contribution in [0.1, 0.15) is 84.0 Å². The molecule has 0 aliphatic heterocycles. The predicted octanol–water partition coefficient (Wildman–Crippen LogP) is 3.27. The fourth-order valence-electron chi connectivity index (χ4n) is 2.47. The molecule has 0 radical (unpaired) electrons. The van der Waals surface area contributed by atoms with Gasteiger partial charge in [0, 0.05) is 12.3 Å². The minimum Gasteiger partial charge on any atom is -0.370 e. The lowest BCUT2D eigenvalue weighted by Gasteiger charge is -2.10. The summed E-state index contributed by atoms with van der Waals surface area (Å²) in [4.78, 5) is 22.0. The highest BCUT2D eigenvalue weighted by Gasteiger charge is 2.17. The molecule has 0 bridgehead atoms. The molecule has 0 aromatic rings. The molecule has 1 atom stereocenters. The number of rotatable bonds is 14. The van der Waals surface area contributed by atoms with Crippen molar-refractivity contribution >= 4 is 11.8 Å². The molecule has 0 fully saturated rings. The average molecular weight is 284 g/mol. The van der Waals surface area contributed by atoms with Gasteiger partial charge in [0.2, 0.25) is 11.8 Å². The molecular weight excluding hydrogens is 252 g/mol. The Hall–Kier alpha value is -1.06. The largest absolute Gasteiger partial charge is 0.370 e. The van der Waals surface area contributed by atoms with Crippen molar-refractivity contribution in [3.05, 3.63) is 0 Å². The predicted molar refractivity (Wildman–Crippen MR) is 83.0 cm³/mol. The highest BCUT2D eigenvalue weighted by atomic mass is 16.2. The van der Waals surface area contributed by atoms with Crippen LogP contribution in [-0.2, 0) is 9.59 Å². The number of nitrogens with two attached hydrogens (primary N) is 2. The number of primary amides is 2. The van der Waals surface area contributed by atoms with E-state index in [-0.39, 0.29) is 12.3 Å². The molecule has 0 aromatic carbocycles. The molecule has 0 aliphatic rings. The lowest BCUT2D eigenvalue weighted by molar-refractivity contribution is -0.127. The van der Waals surface area contributed by atoms with Crippen LogP contribution in [0.5, 0.6) is 0 Å². The maximum absolute atomic E-state index is 11.1. The molecule has 118 valence electrons. The number of hydrogen-bond acceptors (Lipinski definition) is 2. The van der Waals surface area contributed by atoms with E-state index in [1.807, 2.05) is 0 Å². The number of carbonyl (C=O) groups excluding carboxylic acids is 2. The van der Waals surface area contributed by atoms with E-state index >= 15 is 0 Å². The maximum Gasteiger partial charge on any atom is 0.221 e. The fraction of sp³-hybridized carbons (Fsp3) is 0.875. The molecule has 4 nitrogen and oxygen atoms in total. The molecule has 0 saturated heterocycles. The van der Waals surface area contributed by atoms with E-state index in [4.69, 9.17) is 11.5 Å². The zero-order valence-electron chi connectivity index (χ0n) is 13.0. The molecule has 0 aliphatic carbocycles. The number of amides is 2. The van der Waals surface area contributed by atoms with Gasteiger partial charge in [-0.15, -0.1) is 0 Å². The second-order valence-corrected chi connectivity index (χ2v) is 5.74. The normalized spacial score (nSPS) is 12.2. The molecule has 0 aromatic heterocycles. The van der Waals surface area contributed by atoms with Crippen LogP contribution in [0, 0.1) is 5.92 Å². The van der Waals surface area contributed by atoms with Gasteiger partial charge in [-0.05, 0) is 6.42 Å². The van der Waals surface area contributed by atoms with E-state index in [9.17, 15) is 9.59 Å². The third-order valence-corrected chi connectivity index (χ3v) is 3.76. The molecule has 1 unspecified atom stereocenters. The lowest BCUT2D eigenvalue weighted by atomic mass is 9.96. The summed E-state index contributed by atoms with van der Waals surface area (Å²) in [5.41, 5.74) is 10.4. The van der Waals surface area contributed by atoms with Gasteiger partial charge in [-0.1, -0.05) is 71.1 Å². The van der Waals surface area contributed by atoms with Crippen molar-refractivity contribution in [1.82, 2.24) is 0 Å². The highest BCUT2D eigenvalue weighted by molar-refractivity contribution is 5.83. The Balaban J connectivity index is 3.41. The Morgan fingerprint density at radius 2 is 1.25 bits per heavy atom. The van der Waals surface area contributed by atoms with Gasteiger partial charge in [-0.25, -0.2) is 0 Å². The number of unbranched alkanes of at least 4 members (excludes halogenated alkanes) is 9. The summed E-state index contributed by atoms with van der Waals surface area (Å²) < 4.78 is 0. The second-order valence-electron chi connectivity index (χ2n) is 5.74. The Bertz CT molecular complexity index is 267. The minimum absolute atomic E-state index is 0.0900. The quantitative estimate of drug-likeness (QED) is 0.480. The van der Waals surface area contributed by atoms with Crippen molar-refractivity contribution in [1.29, 1.82) is 0 Å². The summed E-state index contributed by atoms with van der Waals surface area (Å²) in [6.07, 6.45) is 13.3. The Labute approximate surface area is 123 Å². The molecule has 0 saturated carbocycles. The van der Waals surface area contributed by atoms with Crippen molar-refractivity contribution in [2.75, 3.05) is 0 Å². The summed E-state index contributed by atoms with van der Waals surface area (Å²) in [6.45, 7) is 2.23. The van der Waals surface area contributed by atoms with Crippen LogP contribution in [0.2, 0.25) is 0 Å². The smallest absolute Gasteiger partial charge is 0.221 e. The first-order valence-corrected chi connectivity index (χ1v) is 8.15. The zero-order valence-corrected chi connectivity index (χ0v) is 13.0. The first-order valence-electron chi connectivity index (χ1n) is 8.15. The van der Waals surface area contributed by atoms with Crippen molar-refractivity contribution < 1.29 is 9.59 Å². The van der Waals surface area contributed by atoms with Crippen LogP contribution >= 0.6 is 0 Å². The van der Waals surface area contributed by atoms with Gasteiger partial charge in [0.15, 0.2) is 0 Å². The van der Waals surface area contributed by atoms with Gasteiger partial charge in [0.1, 0.15) is 0 Å². The van der Waals surface area contributed by atoms with E-state index < -0.39 is 11.8 Å². The van der Waals surface area contributed by atoms with Crippen LogP contribution in [0.3, 0.4) is 0 Å². The van der Waals surface area contributed by atoms with Crippen LogP contribution in [-0.4, -0.2) is 11.8 Å². The molecule has 4 heteroatoms. The van der Waals surface area contributed by atoms with Crippen LogP contribution < -0.4 is 11.5 Å². The fourth-order valence-corrected chi connectivity index (χ4v) is 2.47. The van der Waals surface area contributed by atoms with Gasteiger partial charge < -0.3 is 11.5 Å². The standard InChI is InChI=1S/C16H32N2O2/c1-2-3-4-5-6-7-8-9-10-11-12-14(16(18)20)13-15(17)19/h14H,2-13H2,1H3,(H2,17,19)(H2,18,20). The van der Waals surface area contributed by atoms with Gasteiger partial charge in [0.25, 0.3) is 0 Å². The summed E-state index contributed by atoms with van der Waals surface area (Å²) in [5.74, 6) is -1.22. The molecule has 20 heavy (non-hydrogen) atoms. The maximum atomic E-state index is 11.1. The number of carbonyl (C=O) groups is 2. The van der Waals surface area contributed by atoms with Crippen LogP contribution in [0.15, 0.2) is 0 Å². The van der Waals surface area contributed by atoms with E-state index in [0.29, 0.717) is 6.42 Å². The molecule has 0 spiro atoms. The zero-order chi connectivity index (χ0) is 15.2. The minimum atomic E-state index is -0.444. The van der Waals surface area contributed by atoms with E-state index in [1.54, 1.807) is 0 Å². The monoisotopic (exact) mass is 284 g/mol. The molecule has 2 amide bonds. The lowest BCUT2D eigenvalue weighted by Crippen LogP contribution is -2.28. The Kier molecular flexibility index (Phi) is 12.3. The second kappa shape index (κ2) is 12.9. The molecular formula is C16H32N2O2. The topological polar surface area (TPSA) is 86.2 Å². The first-order chi connectivity index (χ1) is 9.57. The molecule has 4 N–H and O–H groups in total. The van der Waals surface area contributed by atoms with Crippen molar-refractivity contribution in [3.63, 3.8) is 0 Å². The van der Waals surface area contributed by atoms with E-state index in [2.05, 4.69) is 6.92 Å². The first kappa shape index (κ1) is 18.9. The van der Waals surface area contributed by atoms with E-state index in [0.717, 1.165) is 12.8 Å². The van der Waals surface area contributed by atoms with Gasteiger partial charge in [-0.3, -0.25) is 9.59 Å². The summed E-state index contributed by atoms with van der Waals surface area (Å²) in [7, 11) is 0. The van der Waals surface area contributed by atoms with Crippen molar-refractivity contribution in [2.24, 2.45) is 17.4 Å².